The molecule has 0 unspecified atom stereocenters. The van der Waals surface area contributed by atoms with Crippen LogP contribution >= 0.6 is 0 Å². The third-order valence-corrected chi connectivity index (χ3v) is 2.96. The maximum atomic E-state index is 12.4. The van der Waals surface area contributed by atoms with Crippen molar-refractivity contribution >= 4 is 0 Å². The van der Waals surface area contributed by atoms with E-state index in [0.29, 0.717) is 11.6 Å². The summed E-state index contributed by atoms with van der Waals surface area (Å²) in [5.74, 6) is 0.426. The molecule has 4 heteroatoms. The Morgan fingerprint density at radius 1 is 0.947 bits per heavy atom. The van der Waals surface area contributed by atoms with Gasteiger partial charge in [0, 0.05) is 11.8 Å². The van der Waals surface area contributed by atoms with Gasteiger partial charge in [-0.15, -0.1) is 0 Å². The predicted molar refractivity (Wildman–Crippen MR) is 68.8 cm³/mol. The lowest BCUT2D eigenvalue weighted by molar-refractivity contribution is -0.137. The summed E-state index contributed by atoms with van der Waals surface area (Å²) >= 11 is 0. The number of hydrogen-bond acceptors (Lipinski definition) is 1. The van der Waals surface area contributed by atoms with Gasteiger partial charge in [0.25, 0.3) is 0 Å². The van der Waals surface area contributed by atoms with Gasteiger partial charge in [0.2, 0.25) is 0 Å². The van der Waals surface area contributed by atoms with Crippen LogP contribution in [0, 0.1) is 0 Å². The van der Waals surface area contributed by atoms with E-state index in [1.54, 1.807) is 0 Å². The molecular formula is C15H14F3N. The third kappa shape index (κ3) is 3.13. The van der Waals surface area contributed by atoms with E-state index in [9.17, 15) is 13.2 Å². The number of alkyl halides is 3. The Balaban J connectivity index is 2.27. The van der Waals surface area contributed by atoms with Crippen molar-refractivity contribution in [2.24, 2.45) is 0 Å². The molecule has 1 nitrogen and oxygen atoms in total. The summed E-state index contributed by atoms with van der Waals surface area (Å²) < 4.78 is 37.3. The average molecular weight is 265 g/mol. The van der Waals surface area contributed by atoms with Crippen LogP contribution in [-0.2, 0) is 6.18 Å². The summed E-state index contributed by atoms with van der Waals surface area (Å²) in [6.45, 7) is 4.18. The highest BCUT2D eigenvalue weighted by Gasteiger charge is 2.30. The van der Waals surface area contributed by atoms with Crippen molar-refractivity contribution in [1.82, 2.24) is 4.98 Å². The lowest BCUT2D eigenvalue weighted by Gasteiger charge is -2.08. The van der Waals surface area contributed by atoms with Crippen LogP contribution in [0.15, 0.2) is 42.6 Å². The van der Waals surface area contributed by atoms with Crippen molar-refractivity contribution in [2.45, 2.75) is 25.9 Å². The second kappa shape index (κ2) is 5.03. The molecule has 0 saturated carbocycles. The smallest absolute Gasteiger partial charge is 0.256 e. The number of nitrogens with zero attached hydrogens (tertiary/aromatic N) is 1. The molecular weight excluding hydrogens is 251 g/mol. The molecule has 1 aromatic carbocycles. The summed E-state index contributed by atoms with van der Waals surface area (Å²) in [7, 11) is 0. The molecule has 2 aromatic rings. The molecule has 0 aliphatic heterocycles. The maximum Gasteiger partial charge on any atom is 0.417 e. The summed E-state index contributed by atoms with van der Waals surface area (Å²) in [6.07, 6.45) is -3.47. The monoisotopic (exact) mass is 265 g/mol. The Labute approximate surface area is 110 Å². The molecule has 100 valence electrons. The highest BCUT2D eigenvalue weighted by atomic mass is 19.4. The van der Waals surface area contributed by atoms with Crippen LogP contribution < -0.4 is 0 Å². The number of halogens is 3. The molecule has 0 aliphatic rings. The van der Waals surface area contributed by atoms with E-state index in [2.05, 4.69) is 18.8 Å². The Morgan fingerprint density at radius 2 is 1.58 bits per heavy atom. The molecule has 0 aliphatic carbocycles. The Hall–Kier alpha value is -1.84. The average Bonchev–Trinajstić information content (AvgIpc) is 2.38. The first-order valence-electron chi connectivity index (χ1n) is 6.01. The molecule has 0 radical (unpaired) electrons. The SMILES string of the molecule is CC(C)c1ccc(-c2ccc(C(F)(F)F)cn2)cc1. The second-order valence-corrected chi connectivity index (χ2v) is 4.71. The molecule has 0 spiro atoms. The van der Waals surface area contributed by atoms with Crippen molar-refractivity contribution in [3.63, 3.8) is 0 Å². The molecule has 0 N–H and O–H groups in total. The molecule has 1 heterocycles. The van der Waals surface area contributed by atoms with Gasteiger partial charge in [0.05, 0.1) is 11.3 Å². The minimum Gasteiger partial charge on any atom is -0.256 e. The van der Waals surface area contributed by atoms with Crippen molar-refractivity contribution in [1.29, 1.82) is 0 Å². The first-order chi connectivity index (χ1) is 8.88. The van der Waals surface area contributed by atoms with Crippen LogP contribution in [0.5, 0.6) is 0 Å². The lowest BCUT2D eigenvalue weighted by Crippen LogP contribution is -2.05. The minimum absolute atomic E-state index is 0.426. The Bertz CT molecular complexity index is 539. The molecule has 2 rings (SSSR count). The van der Waals surface area contributed by atoms with Crippen LogP contribution in [0.25, 0.3) is 11.3 Å². The van der Waals surface area contributed by atoms with Crippen molar-refractivity contribution in [2.75, 3.05) is 0 Å². The maximum absolute atomic E-state index is 12.4. The van der Waals surface area contributed by atoms with Crippen molar-refractivity contribution < 1.29 is 13.2 Å². The van der Waals surface area contributed by atoms with Crippen molar-refractivity contribution in [3.8, 4) is 11.3 Å². The highest BCUT2D eigenvalue weighted by Crippen LogP contribution is 2.30. The first kappa shape index (κ1) is 13.6. The van der Waals surface area contributed by atoms with E-state index in [-0.39, 0.29) is 0 Å². The van der Waals surface area contributed by atoms with E-state index in [4.69, 9.17) is 0 Å². The van der Waals surface area contributed by atoms with E-state index in [0.717, 1.165) is 17.8 Å². The van der Waals surface area contributed by atoms with Gasteiger partial charge in [-0.1, -0.05) is 38.1 Å². The Morgan fingerprint density at radius 3 is 2.00 bits per heavy atom. The largest absolute Gasteiger partial charge is 0.417 e. The van der Waals surface area contributed by atoms with E-state index < -0.39 is 11.7 Å². The molecule has 0 amide bonds. The van der Waals surface area contributed by atoms with E-state index in [1.165, 1.54) is 11.6 Å². The second-order valence-electron chi connectivity index (χ2n) is 4.71. The minimum atomic E-state index is -4.34. The van der Waals surface area contributed by atoms with Crippen LogP contribution in [0.2, 0.25) is 0 Å². The van der Waals surface area contributed by atoms with Gasteiger partial charge in [-0.05, 0) is 23.6 Å². The molecule has 0 atom stereocenters. The summed E-state index contributed by atoms with van der Waals surface area (Å²) in [5, 5.41) is 0. The fourth-order valence-corrected chi connectivity index (χ4v) is 1.77. The van der Waals surface area contributed by atoms with Gasteiger partial charge in [-0.3, -0.25) is 4.98 Å². The standard InChI is InChI=1S/C15H14F3N/c1-10(2)11-3-5-12(6-4-11)14-8-7-13(9-19-14)15(16,17)18/h3-10H,1-2H3. The summed E-state index contributed by atoms with van der Waals surface area (Å²) in [4.78, 5) is 3.87. The van der Waals surface area contributed by atoms with Gasteiger partial charge in [0.15, 0.2) is 0 Å². The van der Waals surface area contributed by atoms with Crippen LogP contribution in [0.3, 0.4) is 0 Å². The zero-order chi connectivity index (χ0) is 14.0. The van der Waals surface area contributed by atoms with Gasteiger partial charge in [-0.25, -0.2) is 0 Å². The number of rotatable bonds is 2. The number of aromatic nitrogens is 1. The Kier molecular flexibility index (Phi) is 3.60. The summed E-state index contributed by atoms with van der Waals surface area (Å²) in [6, 6.07) is 10.2. The molecule has 19 heavy (non-hydrogen) atoms. The van der Waals surface area contributed by atoms with Gasteiger partial charge in [0.1, 0.15) is 0 Å². The zero-order valence-corrected chi connectivity index (χ0v) is 10.7. The molecule has 1 aromatic heterocycles. The molecule has 0 fully saturated rings. The topological polar surface area (TPSA) is 12.9 Å². The lowest BCUT2D eigenvalue weighted by atomic mass is 10.0. The van der Waals surface area contributed by atoms with E-state index in [1.807, 2.05) is 24.3 Å². The zero-order valence-electron chi connectivity index (χ0n) is 10.7. The van der Waals surface area contributed by atoms with Crippen LogP contribution in [-0.4, -0.2) is 4.98 Å². The quantitative estimate of drug-likeness (QED) is 0.753. The fourth-order valence-electron chi connectivity index (χ4n) is 1.77. The number of benzene rings is 1. The third-order valence-electron chi connectivity index (χ3n) is 2.96. The van der Waals surface area contributed by atoms with E-state index >= 15 is 0 Å². The fraction of sp³-hybridized carbons (Fsp3) is 0.267. The van der Waals surface area contributed by atoms with Gasteiger partial charge < -0.3 is 0 Å². The predicted octanol–water partition coefficient (Wildman–Crippen LogP) is 4.89. The van der Waals surface area contributed by atoms with Crippen LogP contribution in [0.4, 0.5) is 13.2 Å². The van der Waals surface area contributed by atoms with Crippen molar-refractivity contribution in [3.05, 3.63) is 53.7 Å². The number of hydrogen-bond donors (Lipinski definition) is 0. The highest BCUT2D eigenvalue weighted by molar-refractivity contribution is 5.59. The van der Waals surface area contributed by atoms with Gasteiger partial charge >= 0.3 is 6.18 Å². The van der Waals surface area contributed by atoms with Crippen LogP contribution in [0.1, 0.15) is 30.9 Å². The van der Waals surface area contributed by atoms with Gasteiger partial charge in [-0.2, -0.15) is 13.2 Å². The molecule has 0 saturated heterocycles. The first-order valence-corrected chi connectivity index (χ1v) is 6.01. The normalized spacial score (nSPS) is 11.9. The molecule has 0 bridgehead atoms. The summed E-state index contributed by atoms with van der Waals surface area (Å²) in [5.41, 5.74) is 1.83. The number of pyridine rings is 1.